The van der Waals surface area contributed by atoms with E-state index < -0.39 is 0 Å². The number of rotatable bonds is 3. The fraction of sp³-hybridized carbons (Fsp3) is 0.462. The Balaban J connectivity index is 2.18. The van der Waals surface area contributed by atoms with Gasteiger partial charge in [-0.15, -0.1) is 0 Å². The van der Waals surface area contributed by atoms with Crippen molar-refractivity contribution in [2.24, 2.45) is 0 Å². The van der Waals surface area contributed by atoms with Gasteiger partial charge in [-0.05, 0) is 36.1 Å². The Morgan fingerprint density at radius 2 is 2.39 bits per heavy atom. The summed E-state index contributed by atoms with van der Waals surface area (Å²) in [4.78, 5) is 17.3. The molecule has 1 aliphatic carbocycles. The van der Waals surface area contributed by atoms with Crippen LogP contribution in [0.4, 0.5) is 0 Å². The summed E-state index contributed by atoms with van der Waals surface area (Å²) in [6.45, 7) is 4.21. The predicted octanol–water partition coefficient (Wildman–Crippen LogP) is 2.24. The molecule has 0 aliphatic heterocycles. The fourth-order valence-corrected chi connectivity index (χ4v) is 3.05. The minimum absolute atomic E-state index is 0.263. The van der Waals surface area contributed by atoms with Crippen molar-refractivity contribution in [2.75, 3.05) is 6.61 Å². The monoisotopic (exact) mass is 263 g/mol. The molecule has 0 atom stereocenters. The van der Waals surface area contributed by atoms with Gasteiger partial charge >= 0.3 is 10.9 Å². The molecule has 0 radical (unpaired) electrons. The van der Waals surface area contributed by atoms with Crippen LogP contribution >= 0.6 is 11.3 Å². The summed E-state index contributed by atoms with van der Waals surface area (Å²) >= 11 is 1.49. The van der Waals surface area contributed by atoms with Gasteiger partial charge < -0.3 is 4.74 Å². The van der Waals surface area contributed by atoms with Gasteiger partial charge in [0.05, 0.1) is 12.0 Å². The molecule has 2 aromatic heterocycles. The first-order valence-corrected chi connectivity index (χ1v) is 7.06. The second-order valence-electron chi connectivity index (χ2n) is 4.56. The number of esters is 1. The molecule has 1 saturated carbocycles. The average molecular weight is 263 g/mol. The lowest BCUT2D eigenvalue weighted by Gasteiger charge is -2.01. The third-order valence-electron chi connectivity index (χ3n) is 3.08. The number of nitrogens with zero attached hydrogens (tertiary/aromatic N) is 2. The number of thiazole rings is 1. The number of hydrogen-bond donors (Lipinski definition) is 0. The highest BCUT2D eigenvalue weighted by atomic mass is 32.1. The molecule has 94 valence electrons. The Hall–Kier alpha value is -1.49. The highest BCUT2D eigenvalue weighted by Crippen LogP contribution is 2.38. The molecule has 0 aromatic carbocycles. The molecule has 0 unspecified atom stereocenters. The number of aromatic nitrogens is 2. The first-order chi connectivity index (χ1) is 8.70. The van der Waals surface area contributed by atoms with Gasteiger partial charge in [0, 0.05) is 18.9 Å². The highest BCUT2D eigenvalue weighted by Gasteiger charge is 2.33. The Labute approximate surface area is 109 Å². The van der Waals surface area contributed by atoms with Crippen molar-refractivity contribution < 1.29 is 13.9 Å². The third kappa shape index (κ3) is 1.88. The number of hydrogen-bond acceptors (Lipinski definition) is 4. The quantitative estimate of drug-likeness (QED) is 0.630. The molecule has 0 amide bonds. The third-order valence-corrected chi connectivity index (χ3v) is 3.90. The van der Waals surface area contributed by atoms with E-state index in [0.29, 0.717) is 18.2 Å². The van der Waals surface area contributed by atoms with Gasteiger partial charge in [0.25, 0.3) is 0 Å². The second-order valence-corrected chi connectivity index (χ2v) is 5.39. The number of carbonyl (C=O) groups excluding carboxylic acids is 1. The van der Waals surface area contributed by atoms with Crippen LogP contribution in [0.5, 0.6) is 0 Å². The van der Waals surface area contributed by atoms with Gasteiger partial charge in [-0.3, -0.25) is 0 Å². The molecule has 18 heavy (non-hydrogen) atoms. The van der Waals surface area contributed by atoms with Crippen LogP contribution < -0.4 is 4.40 Å². The lowest BCUT2D eigenvalue weighted by Crippen LogP contribution is -2.33. The number of carbonyl (C=O) groups is 1. The fourth-order valence-electron chi connectivity index (χ4n) is 2.13. The van der Waals surface area contributed by atoms with Crippen molar-refractivity contribution in [1.29, 1.82) is 0 Å². The van der Waals surface area contributed by atoms with Crippen molar-refractivity contribution in [3.8, 4) is 0 Å². The minimum Gasteiger partial charge on any atom is -0.460 e. The standard InChI is InChI=1S/C13H15N2O2S/c1-3-17-12(16)11-7-18-13-14-8(2)6-10(15(11)13)9-4-5-9/h6-7,9H,3-5H2,1-2H3/q+1. The largest absolute Gasteiger partial charge is 0.460 e. The van der Waals surface area contributed by atoms with Gasteiger partial charge in [0.15, 0.2) is 5.69 Å². The Morgan fingerprint density at radius 1 is 1.61 bits per heavy atom. The summed E-state index contributed by atoms with van der Waals surface area (Å²) in [6, 6.07) is 2.08. The molecule has 1 fully saturated rings. The first kappa shape index (κ1) is 11.6. The lowest BCUT2D eigenvalue weighted by atomic mass is 10.2. The summed E-state index contributed by atoms with van der Waals surface area (Å²) < 4.78 is 7.06. The molecular weight excluding hydrogens is 248 g/mol. The molecule has 2 heterocycles. The summed E-state index contributed by atoms with van der Waals surface area (Å²) in [6.07, 6.45) is 2.40. The molecule has 0 spiro atoms. The van der Waals surface area contributed by atoms with Crippen molar-refractivity contribution in [1.82, 2.24) is 4.98 Å². The average Bonchev–Trinajstić information content (AvgIpc) is 3.09. The normalized spacial score (nSPS) is 15.0. The smallest absolute Gasteiger partial charge is 0.388 e. The van der Waals surface area contributed by atoms with Crippen LogP contribution in [-0.2, 0) is 4.74 Å². The van der Waals surface area contributed by atoms with Crippen LogP contribution in [0.15, 0.2) is 11.4 Å². The van der Waals surface area contributed by atoms with Gasteiger partial charge in [-0.1, -0.05) is 0 Å². The van der Waals surface area contributed by atoms with Gasteiger partial charge in [0.2, 0.25) is 5.69 Å². The highest BCUT2D eigenvalue weighted by molar-refractivity contribution is 7.14. The van der Waals surface area contributed by atoms with E-state index in [9.17, 15) is 4.79 Å². The van der Waals surface area contributed by atoms with E-state index in [0.717, 1.165) is 10.7 Å². The molecule has 4 nitrogen and oxygen atoms in total. The SMILES string of the molecule is CCOC(=O)c1csc2nc(C)cc(C3CC3)[n+]12. The van der Waals surface area contributed by atoms with E-state index in [4.69, 9.17) is 4.74 Å². The molecule has 1 aliphatic rings. The van der Waals surface area contributed by atoms with E-state index in [1.54, 1.807) is 0 Å². The van der Waals surface area contributed by atoms with E-state index >= 15 is 0 Å². The van der Waals surface area contributed by atoms with Gasteiger partial charge in [0.1, 0.15) is 5.69 Å². The maximum Gasteiger partial charge on any atom is 0.388 e. The summed E-state index contributed by atoms with van der Waals surface area (Å²) in [5.41, 5.74) is 2.81. The Morgan fingerprint density at radius 3 is 3.06 bits per heavy atom. The summed E-state index contributed by atoms with van der Waals surface area (Å²) in [5, 5.41) is 1.84. The zero-order valence-electron chi connectivity index (χ0n) is 10.5. The van der Waals surface area contributed by atoms with Crippen LogP contribution in [0, 0.1) is 6.92 Å². The first-order valence-electron chi connectivity index (χ1n) is 6.18. The number of ether oxygens (including phenoxy) is 1. The van der Waals surface area contributed by atoms with Crippen molar-refractivity contribution in [2.45, 2.75) is 32.6 Å². The molecular formula is C13H15N2O2S+. The Kier molecular flexibility index (Phi) is 2.78. The number of fused-ring (bicyclic) bond motifs is 1. The van der Waals surface area contributed by atoms with Crippen LogP contribution in [0.25, 0.3) is 4.96 Å². The van der Waals surface area contributed by atoms with Crippen LogP contribution in [0.1, 0.15) is 47.6 Å². The summed E-state index contributed by atoms with van der Waals surface area (Å²) in [7, 11) is 0. The van der Waals surface area contributed by atoms with Crippen molar-refractivity contribution in [3.05, 3.63) is 28.5 Å². The van der Waals surface area contributed by atoms with Crippen molar-refractivity contribution in [3.63, 3.8) is 0 Å². The molecule has 3 rings (SSSR count). The van der Waals surface area contributed by atoms with Crippen LogP contribution in [0.3, 0.4) is 0 Å². The molecule has 0 bridgehead atoms. The second kappa shape index (κ2) is 4.31. The Bertz CT molecular complexity index is 617. The molecule has 0 saturated heterocycles. The lowest BCUT2D eigenvalue weighted by molar-refractivity contribution is -0.524. The molecule has 5 heteroatoms. The maximum absolute atomic E-state index is 11.9. The molecule has 2 aromatic rings. The predicted molar refractivity (Wildman–Crippen MR) is 67.9 cm³/mol. The van der Waals surface area contributed by atoms with Crippen molar-refractivity contribution >= 4 is 22.3 Å². The van der Waals surface area contributed by atoms with E-state index in [1.165, 1.54) is 29.9 Å². The van der Waals surface area contributed by atoms with Crippen LogP contribution in [0.2, 0.25) is 0 Å². The maximum atomic E-state index is 11.9. The van der Waals surface area contributed by atoms with Gasteiger partial charge in [-0.25, -0.2) is 4.79 Å². The van der Waals surface area contributed by atoms with Gasteiger partial charge in [-0.2, -0.15) is 4.40 Å². The van der Waals surface area contributed by atoms with E-state index in [2.05, 4.69) is 11.1 Å². The van der Waals surface area contributed by atoms with E-state index in [1.807, 2.05) is 23.6 Å². The minimum atomic E-state index is -0.263. The summed E-state index contributed by atoms with van der Waals surface area (Å²) in [5.74, 6) is 0.309. The number of aryl methyl sites for hydroxylation is 1. The zero-order chi connectivity index (χ0) is 12.7. The van der Waals surface area contributed by atoms with E-state index in [-0.39, 0.29) is 5.97 Å². The van der Waals surface area contributed by atoms with Crippen LogP contribution in [-0.4, -0.2) is 17.6 Å². The topological polar surface area (TPSA) is 43.3 Å². The molecule has 0 N–H and O–H groups in total. The zero-order valence-corrected chi connectivity index (χ0v) is 11.3.